The van der Waals surface area contributed by atoms with Crippen molar-refractivity contribution in [2.24, 2.45) is 0 Å². The van der Waals surface area contributed by atoms with Gasteiger partial charge >= 0.3 is 0 Å². The predicted octanol–water partition coefficient (Wildman–Crippen LogP) is 3.55. The zero-order chi connectivity index (χ0) is 10.8. The van der Waals surface area contributed by atoms with Crippen LogP contribution in [0, 0.1) is 0 Å². The van der Waals surface area contributed by atoms with E-state index in [4.69, 9.17) is 0 Å². The molecule has 3 nitrogen and oxygen atoms in total. The summed E-state index contributed by atoms with van der Waals surface area (Å²) in [7, 11) is 0. The summed E-state index contributed by atoms with van der Waals surface area (Å²) in [6.45, 7) is 0. The smallest absolute Gasteiger partial charge is 0.205 e. The maximum Gasteiger partial charge on any atom is 0.205 e. The molecule has 3 rings (SSSR count). The summed E-state index contributed by atoms with van der Waals surface area (Å²) in [5, 5.41) is 14.4. The number of hydrogen-bond donors (Lipinski definition) is 1. The molecule has 0 aliphatic heterocycles. The van der Waals surface area contributed by atoms with Gasteiger partial charge in [0, 0.05) is 12.0 Å². The molecule has 16 heavy (non-hydrogen) atoms. The van der Waals surface area contributed by atoms with Crippen LogP contribution in [0.4, 0.5) is 5.13 Å². The van der Waals surface area contributed by atoms with Crippen molar-refractivity contribution in [1.82, 2.24) is 10.2 Å². The SMILES string of the molecule is C1CCCC(Nc2nnc(C3CC3)s2)CC1. The van der Waals surface area contributed by atoms with Crippen LogP contribution in [-0.2, 0) is 0 Å². The van der Waals surface area contributed by atoms with E-state index in [2.05, 4.69) is 15.5 Å². The molecule has 0 atom stereocenters. The van der Waals surface area contributed by atoms with Crippen molar-refractivity contribution < 1.29 is 0 Å². The molecule has 88 valence electrons. The standard InChI is InChI=1S/C12H19N3S/c1-2-4-6-10(5-3-1)13-12-15-14-11(16-12)9-7-8-9/h9-10H,1-8H2,(H,13,15). The highest BCUT2D eigenvalue weighted by Crippen LogP contribution is 2.42. The van der Waals surface area contributed by atoms with Crippen molar-refractivity contribution in [1.29, 1.82) is 0 Å². The third kappa shape index (κ3) is 2.54. The summed E-state index contributed by atoms with van der Waals surface area (Å²) >= 11 is 1.77. The van der Waals surface area contributed by atoms with E-state index in [1.807, 2.05) is 0 Å². The largest absolute Gasteiger partial charge is 0.357 e. The van der Waals surface area contributed by atoms with Gasteiger partial charge in [0.25, 0.3) is 0 Å². The van der Waals surface area contributed by atoms with Crippen LogP contribution in [0.1, 0.15) is 62.3 Å². The third-order valence-corrected chi connectivity index (χ3v) is 4.57. The van der Waals surface area contributed by atoms with E-state index in [9.17, 15) is 0 Å². The quantitative estimate of drug-likeness (QED) is 0.817. The maximum atomic E-state index is 4.27. The Morgan fingerprint density at radius 3 is 2.38 bits per heavy atom. The molecule has 4 heteroatoms. The number of nitrogens with one attached hydrogen (secondary N) is 1. The van der Waals surface area contributed by atoms with E-state index >= 15 is 0 Å². The Balaban J connectivity index is 1.58. The van der Waals surface area contributed by atoms with Gasteiger partial charge < -0.3 is 5.32 Å². The highest BCUT2D eigenvalue weighted by molar-refractivity contribution is 7.15. The summed E-state index contributed by atoms with van der Waals surface area (Å²) in [5.41, 5.74) is 0. The lowest BCUT2D eigenvalue weighted by molar-refractivity contribution is 0.618. The van der Waals surface area contributed by atoms with E-state index in [0.29, 0.717) is 6.04 Å². The van der Waals surface area contributed by atoms with Crippen molar-refractivity contribution in [3.8, 4) is 0 Å². The first-order valence-corrected chi connectivity index (χ1v) is 7.33. The molecule has 0 amide bonds. The van der Waals surface area contributed by atoms with Crippen LogP contribution in [0.2, 0.25) is 0 Å². The molecule has 0 unspecified atom stereocenters. The molecule has 2 aliphatic rings. The van der Waals surface area contributed by atoms with Gasteiger partial charge in [-0.15, -0.1) is 10.2 Å². The van der Waals surface area contributed by atoms with Crippen LogP contribution in [0.5, 0.6) is 0 Å². The lowest BCUT2D eigenvalue weighted by Crippen LogP contribution is -2.17. The third-order valence-electron chi connectivity index (χ3n) is 3.55. The van der Waals surface area contributed by atoms with Crippen LogP contribution >= 0.6 is 11.3 Å². The van der Waals surface area contributed by atoms with Gasteiger partial charge in [-0.1, -0.05) is 37.0 Å². The molecule has 2 saturated carbocycles. The Kier molecular flexibility index (Phi) is 3.09. The Labute approximate surface area is 101 Å². The van der Waals surface area contributed by atoms with Crippen LogP contribution in [-0.4, -0.2) is 16.2 Å². The van der Waals surface area contributed by atoms with Crippen LogP contribution in [0.15, 0.2) is 0 Å². The van der Waals surface area contributed by atoms with Crippen molar-refractivity contribution in [3.05, 3.63) is 5.01 Å². The van der Waals surface area contributed by atoms with E-state index in [0.717, 1.165) is 11.0 Å². The van der Waals surface area contributed by atoms with Gasteiger partial charge in [-0.25, -0.2) is 0 Å². The Hall–Kier alpha value is -0.640. The molecule has 0 saturated heterocycles. The van der Waals surface area contributed by atoms with Crippen LogP contribution < -0.4 is 5.32 Å². The summed E-state index contributed by atoms with van der Waals surface area (Å²) < 4.78 is 0. The van der Waals surface area contributed by atoms with E-state index in [1.165, 1.54) is 56.4 Å². The Bertz CT molecular complexity index is 338. The molecule has 0 radical (unpaired) electrons. The van der Waals surface area contributed by atoms with E-state index in [1.54, 1.807) is 11.3 Å². The molecule has 1 heterocycles. The van der Waals surface area contributed by atoms with Gasteiger partial charge in [0.2, 0.25) is 5.13 Å². The fourth-order valence-corrected chi connectivity index (χ4v) is 3.38. The van der Waals surface area contributed by atoms with E-state index < -0.39 is 0 Å². The van der Waals surface area contributed by atoms with Gasteiger partial charge in [0.1, 0.15) is 5.01 Å². The number of aromatic nitrogens is 2. The molecule has 1 aromatic rings. The number of anilines is 1. The fraction of sp³-hybridized carbons (Fsp3) is 0.833. The summed E-state index contributed by atoms with van der Waals surface area (Å²) in [5.74, 6) is 0.738. The minimum absolute atomic E-state index is 0.641. The Morgan fingerprint density at radius 2 is 1.69 bits per heavy atom. The minimum Gasteiger partial charge on any atom is -0.357 e. The monoisotopic (exact) mass is 237 g/mol. The van der Waals surface area contributed by atoms with Crippen LogP contribution in [0.3, 0.4) is 0 Å². The predicted molar refractivity (Wildman–Crippen MR) is 67.0 cm³/mol. The highest BCUT2D eigenvalue weighted by atomic mass is 32.1. The summed E-state index contributed by atoms with van der Waals surface area (Å²) in [4.78, 5) is 0. The molecule has 2 aliphatic carbocycles. The second-order valence-corrected chi connectivity index (χ2v) is 6.06. The average Bonchev–Trinajstić information content (AvgIpc) is 3.07. The van der Waals surface area contributed by atoms with Crippen molar-refractivity contribution in [3.63, 3.8) is 0 Å². The molecule has 1 N–H and O–H groups in total. The van der Waals surface area contributed by atoms with Crippen molar-refractivity contribution in [2.75, 3.05) is 5.32 Å². The summed E-state index contributed by atoms with van der Waals surface area (Å²) in [6.07, 6.45) is 10.8. The van der Waals surface area contributed by atoms with Gasteiger partial charge in [0.05, 0.1) is 0 Å². The fourth-order valence-electron chi connectivity index (χ4n) is 2.39. The Morgan fingerprint density at radius 1 is 0.938 bits per heavy atom. The lowest BCUT2D eigenvalue weighted by atomic mass is 10.1. The van der Waals surface area contributed by atoms with Gasteiger partial charge in [-0.3, -0.25) is 0 Å². The molecule has 0 spiro atoms. The van der Waals surface area contributed by atoms with Gasteiger partial charge in [0.15, 0.2) is 0 Å². The first kappa shape index (κ1) is 10.5. The molecule has 0 aromatic carbocycles. The lowest BCUT2D eigenvalue weighted by Gasteiger charge is -2.14. The first-order chi connectivity index (χ1) is 7.92. The number of rotatable bonds is 3. The van der Waals surface area contributed by atoms with Crippen molar-refractivity contribution in [2.45, 2.75) is 63.3 Å². The maximum absolute atomic E-state index is 4.27. The molecule has 2 fully saturated rings. The molecular weight excluding hydrogens is 218 g/mol. The van der Waals surface area contributed by atoms with E-state index in [-0.39, 0.29) is 0 Å². The number of hydrogen-bond acceptors (Lipinski definition) is 4. The number of nitrogens with zero attached hydrogens (tertiary/aromatic N) is 2. The average molecular weight is 237 g/mol. The zero-order valence-corrected chi connectivity index (χ0v) is 10.4. The second kappa shape index (κ2) is 4.70. The molecule has 1 aromatic heterocycles. The minimum atomic E-state index is 0.641. The normalized spacial score (nSPS) is 23.0. The topological polar surface area (TPSA) is 37.8 Å². The second-order valence-electron chi connectivity index (χ2n) is 5.05. The first-order valence-electron chi connectivity index (χ1n) is 6.52. The zero-order valence-electron chi connectivity index (χ0n) is 9.61. The highest BCUT2D eigenvalue weighted by Gasteiger charge is 2.27. The van der Waals surface area contributed by atoms with Crippen LogP contribution in [0.25, 0.3) is 0 Å². The van der Waals surface area contributed by atoms with Gasteiger partial charge in [-0.05, 0) is 25.7 Å². The summed E-state index contributed by atoms with van der Waals surface area (Å²) in [6, 6.07) is 0.641. The molecule has 0 bridgehead atoms. The van der Waals surface area contributed by atoms with Crippen molar-refractivity contribution >= 4 is 16.5 Å². The van der Waals surface area contributed by atoms with Gasteiger partial charge in [-0.2, -0.15) is 0 Å². The molecular formula is C12H19N3S.